The molecule has 0 radical (unpaired) electrons. The molecule has 29 heteroatoms. The van der Waals surface area contributed by atoms with E-state index in [0.29, 0.717) is 0 Å². The summed E-state index contributed by atoms with van der Waals surface area (Å²) in [6, 6.07) is 22.2. The Morgan fingerprint density at radius 1 is 0.443 bits per heavy atom. The number of amides is 2. The molecule has 0 spiro atoms. The van der Waals surface area contributed by atoms with Crippen LogP contribution < -0.4 is 140 Å². The first-order valence-electron chi connectivity index (χ1n) is 18.4. The number of hydrazone groups is 2. The molecule has 2 amide bonds. The topological polar surface area (TPSA) is 353 Å². The number of benzene rings is 6. The van der Waals surface area contributed by atoms with Crippen LogP contribution >= 0.6 is 0 Å². The Morgan fingerprint density at radius 2 is 0.786 bits per heavy atom. The van der Waals surface area contributed by atoms with Crippen LogP contribution in [0.15, 0.2) is 139 Å². The maximum Gasteiger partial charge on any atom is 1.00 e. The number of rotatable bonds is 10. The first-order valence-corrected chi connectivity index (χ1v) is 24.1. The van der Waals surface area contributed by atoms with E-state index in [2.05, 4.69) is 31.7 Å². The second-order valence-corrected chi connectivity index (χ2v) is 19.5. The van der Waals surface area contributed by atoms with Crippen molar-refractivity contribution in [3.63, 3.8) is 0 Å². The molecular weight excluding hydrogens is 1040 g/mol. The second-order valence-electron chi connectivity index (χ2n) is 14.1. The minimum Gasteiger partial charge on any atom is -0.744 e. The van der Waals surface area contributed by atoms with Crippen LogP contribution in [-0.4, -0.2) is 80.9 Å². The predicted octanol–water partition coefficient (Wildman–Crippen LogP) is -7.44. The fourth-order valence-electron chi connectivity index (χ4n) is 7.12. The maximum atomic E-state index is 13.6. The molecule has 6 aromatic rings. The number of ketones is 2. The molecule has 70 heavy (non-hydrogen) atoms. The summed E-state index contributed by atoms with van der Waals surface area (Å²) in [5.41, 5.74) is 2.89. The molecule has 2 aliphatic rings. The molecule has 21 nitrogen and oxygen atoms in total. The Bertz CT molecular complexity index is 3550. The number of fused-ring (bicyclic) bond motifs is 4. The fourth-order valence-corrected chi connectivity index (χ4v) is 9.78. The van der Waals surface area contributed by atoms with Gasteiger partial charge in [-0.05, 0) is 83.9 Å². The van der Waals surface area contributed by atoms with Crippen LogP contribution in [0.25, 0.3) is 33.7 Å². The first kappa shape index (κ1) is 59.1. The van der Waals surface area contributed by atoms with Crippen molar-refractivity contribution in [3.8, 4) is 0 Å². The molecule has 0 fully saturated rings. The molecule has 0 heterocycles. The third-order valence-electron chi connectivity index (χ3n) is 10.0. The molecule has 8 rings (SSSR count). The van der Waals surface area contributed by atoms with Crippen LogP contribution in [0.1, 0.15) is 31.8 Å². The Labute approximate surface area is 486 Å². The third kappa shape index (κ3) is 12.5. The van der Waals surface area contributed by atoms with Gasteiger partial charge < -0.3 is 28.8 Å². The summed E-state index contributed by atoms with van der Waals surface area (Å²) in [7, 11) is -20.6. The summed E-state index contributed by atoms with van der Waals surface area (Å²) in [6.45, 7) is 0. The summed E-state index contributed by atoms with van der Waals surface area (Å²) < 4.78 is 145. The number of Topliss-reactive ketones (excluding diaryl/α,β-unsaturated/α-hetero) is 2. The van der Waals surface area contributed by atoms with E-state index in [0.717, 1.165) is 24.3 Å². The number of hydrogen-bond acceptors (Lipinski definition) is 19. The number of nitrogens with one attached hydrogen (secondary N) is 4. The number of carbonyl (C=O) groups excluding carboxylic acids is 3. The van der Waals surface area contributed by atoms with E-state index < -0.39 is 89.1 Å². The van der Waals surface area contributed by atoms with E-state index in [1.54, 1.807) is 0 Å². The van der Waals surface area contributed by atoms with Gasteiger partial charge in [0, 0.05) is 44.0 Å². The average Bonchev–Trinajstić information content (AvgIpc) is 3.23. The molecule has 0 unspecified atom stereocenters. The number of anilines is 4. The van der Waals surface area contributed by atoms with Gasteiger partial charge in [-0.1, -0.05) is 48.5 Å². The fraction of sp³-hybridized carbons (Fsp3) is 0. The molecule has 0 aliphatic heterocycles. The molecule has 0 saturated heterocycles. The van der Waals surface area contributed by atoms with Gasteiger partial charge in [-0.2, -0.15) is 10.2 Å². The zero-order chi connectivity index (χ0) is 47.5. The summed E-state index contributed by atoms with van der Waals surface area (Å²) in [6.07, 6.45) is 1.71. The Balaban J connectivity index is 0.00000266. The first-order chi connectivity index (χ1) is 31.0. The zero-order valence-electron chi connectivity index (χ0n) is 36.7. The molecule has 4 N–H and O–H groups in total. The van der Waals surface area contributed by atoms with Crippen molar-refractivity contribution in [3.05, 3.63) is 141 Å². The number of carbonyl (C=O) groups is 3. The van der Waals surface area contributed by atoms with Gasteiger partial charge in [-0.15, -0.1) is 0 Å². The van der Waals surface area contributed by atoms with Crippen molar-refractivity contribution in [1.29, 1.82) is 0 Å². The normalized spacial score (nSPS) is 14.6. The van der Waals surface area contributed by atoms with Crippen LogP contribution in [0.4, 0.5) is 27.5 Å². The minimum absolute atomic E-state index is 0. The van der Waals surface area contributed by atoms with Gasteiger partial charge in [0.15, 0.2) is 0 Å². The summed E-state index contributed by atoms with van der Waals surface area (Å²) in [5, 5.41) is 13.0. The predicted molar refractivity (Wildman–Crippen MR) is 235 cm³/mol. The number of urea groups is 1. The van der Waals surface area contributed by atoms with Crippen molar-refractivity contribution in [2.24, 2.45) is 10.2 Å². The van der Waals surface area contributed by atoms with Gasteiger partial charge in [0.2, 0.25) is 11.6 Å². The Hall–Kier alpha value is -3.49. The minimum atomic E-state index is -5.38. The number of nitrogens with zero attached hydrogens (tertiary/aromatic N) is 2. The quantitative estimate of drug-likeness (QED) is 0.0562. The number of allylic oxidation sites excluding steroid dienone is 2. The smallest absolute Gasteiger partial charge is 0.744 e. The van der Waals surface area contributed by atoms with Crippen LogP contribution in [0.3, 0.4) is 0 Å². The molecule has 6 aromatic carbocycles. The van der Waals surface area contributed by atoms with Crippen LogP contribution in [0, 0.1) is 0 Å². The van der Waals surface area contributed by atoms with Gasteiger partial charge in [0.1, 0.15) is 51.9 Å². The van der Waals surface area contributed by atoms with E-state index in [4.69, 9.17) is 0 Å². The van der Waals surface area contributed by atoms with Crippen LogP contribution in [0.2, 0.25) is 0 Å². The molecule has 0 atom stereocenters. The van der Waals surface area contributed by atoms with Crippen molar-refractivity contribution in [2.45, 2.75) is 9.79 Å². The summed E-state index contributed by atoms with van der Waals surface area (Å²) in [4.78, 5) is 37.2. The van der Waals surface area contributed by atoms with Crippen molar-refractivity contribution in [1.82, 2.24) is 0 Å². The zero-order valence-corrected chi connectivity index (χ0v) is 48.0. The van der Waals surface area contributed by atoms with Gasteiger partial charge in [0.05, 0.1) is 31.0 Å². The Kier molecular flexibility index (Phi) is 19.2. The largest absolute Gasteiger partial charge is 1.00 e. The standard InChI is InChI=1S/C41H28N6O15S4.4Na/c48-39-25-11-9-23(17-21(25)19-35(65(57,58)59)37(39)46-44-31-13-15-33(63(51,52)53)29-7-3-1-5-27(29)31)42-41(50)43-24-10-12-26-22(18-24)20-36(66(60,61)62)38(40(26)49)47-45-32-14-16-34(64(54,55)56)30-8-4-2-6-28(30)32;;;;/h1-20,44-45H,(H2,42,43,50)(H,51,52,53)(H,54,55,56)(H,57,58,59)(H,60,61,62);;;;/q;4*+1/p-4/b46-37+,47-38+;;;;. The molecule has 0 bridgehead atoms. The summed E-state index contributed by atoms with van der Waals surface area (Å²) in [5.74, 6) is -2.04. The molecule has 0 saturated carbocycles. The SMILES string of the molecule is O=C(Nc1ccc2c(c1)C=C(S(=O)(=O)[O-])/C(=N\Nc1ccc(S(=O)(=O)[O-])c3ccccc13)C2=O)Nc1ccc2c(c1)C=C(S(=O)(=O)[O-])/C(=N\Nc1ccc(S(=O)(=O)[O-])c3ccccc13)C2=O.[Na+].[Na+].[Na+].[Na+]. The van der Waals surface area contributed by atoms with E-state index in [1.807, 2.05) is 0 Å². The van der Waals surface area contributed by atoms with E-state index in [1.165, 1.54) is 97.1 Å². The molecule has 0 aromatic heterocycles. The molecule has 2 aliphatic carbocycles. The van der Waals surface area contributed by atoms with Gasteiger partial charge in [-0.3, -0.25) is 20.4 Å². The van der Waals surface area contributed by atoms with E-state index >= 15 is 0 Å². The monoisotopic (exact) mass is 1060 g/mol. The van der Waals surface area contributed by atoms with Gasteiger partial charge in [0.25, 0.3) is 0 Å². The molecular formula is C41H24N6Na4O15S4. The second kappa shape index (κ2) is 22.7. The third-order valence-corrected chi connectivity index (χ3v) is 13.5. The van der Waals surface area contributed by atoms with Crippen molar-refractivity contribution in [2.75, 3.05) is 21.5 Å². The van der Waals surface area contributed by atoms with E-state index in [-0.39, 0.29) is 185 Å². The maximum absolute atomic E-state index is 13.6. The summed E-state index contributed by atoms with van der Waals surface area (Å²) >= 11 is 0. The van der Waals surface area contributed by atoms with Crippen molar-refractivity contribution < 1.29 is 184 Å². The average molecular weight is 1060 g/mol. The van der Waals surface area contributed by atoms with Gasteiger partial charge >= 0.3 is 124 Å². The van der Waals surface area contributed by atoms with Gasteiger partial charge in [-0.25, -0.2) is 38.5 Å². The number of hydrogen-bond donors (Lipinski definition) is 4. The molecule has 336 valence electrons. The van der Waals surface area contributed by atoms with E-state index in [9.17, 15) is 66.3 Å². The van der Waals surface area contributed by atoms with Crippen molar-refractivity contribution >= 4 is 126 Å². The Morgan fingerprint density at radius 3 is 1.11 bits per heavy atom. The van der Waals surface area contributed by atoms with Crippen LogP contribution in [0.5, 0.6) is 0 Å². The van der Waals surface area contributed by atoms with Crippen LogP contribution in [-0.2, 0) is 40.5 Å².